The molecule has 3 aromatic rings. The Kier molecular flexibility index (Phi) is 6.18. The molecule has 1 atom stereocenters. The SMILES string of the molecule is CC(Sc1nnnn1-c1ccc(O)cc1)C(=O)Nc1ccc(N2CCCCC2)cc1. The molecule has 1 amide bonds. The molecule has 1 unspecified atom stereocenters. The van der Waals surface area contributed by atoms with Gasteiger partial charge >= 0.3 is 0 Å². The third-order valence-corrected chi connectivity index (χ3v) is 6.08. The lowest BCUT2D eigenvalue weighted by atomic mass is 10.1. The molecule has 0 spiro atoms. The molecule has 2 aromatic carbocycles. The maximum absolute atomic E-state index is 12.7. The topological polar surface area (TPSA) is 96.2 Å². The first kappa shape index (κ1) is 20.2. The summed E-state index contributed by atoms with van der Waals surface area (Å²) < 4.78 is 1.54. The minimum Gasteiger partial charge on any atom is -0.508 e. The van der Waals surface area contributed by atoms with Crippen molar-refractivity contribution in [1.82, 2.24) is 20.2 Å². The van der Waals surface area contributed by atoms with Gasteiger partial charge in [0, 0.05) is 24.5 Å². The number of amides is 1. The lowest BCUT2D eigenvalue weighted by Crippen LogP contribution is -2.29. The molecule has 2 heterocycles. The predicted octanol–water partition coefficient (Wildman–Crippen LogP) is 3.48. The fourth-order valence-corrected chi connectivity index (χ4v) is 4.18. The molecule has 0 aliphatic carbocycles. The zero-order valence-electron chi connectivity index (χ0n) is 16.7. The highest BCUT2D eigenvalue weighted by molar-refractivity contribution is 8.00. The highest BCUT2D eigenvalue weighted by Gasteiger charge is 2.20. The van der Waals surface area contributed by atoms with E-state index >= 15 is 0 Å². The van der Waals surface area contributed by atoms with Crippen molar-refractivity contribution in [1.29, 1.82) is 0 Å². The molecule has 9 heteroatoms. The van der Waals surface area contributed by atoms with E-state index in [0.29, 0.717) is 10.8 Å². The van der Waals surface area contributed by atoms with Crippen LogP contribution in [0, 0.1) is 0 Å². The van der Waals surface area contributed by atoms with E-state index in [1.165, 1.54) is 36.7 Å². The number of nitrogens with zero attached hydrogens (tertiary/aromatic N) is 5. The van der Waals surface area contributed by atoms with E-state index < -0.39 is 5.25 Å². The smallest absolute Gasteiger partial charge is 0.237 e. The van der Waals surface area contributed by atoms with Crippen molar-refractivity contribution in [3.63, 3.8) is 0 Å². The van der Waals surface area contributed by atoms with Gasteiger partial charge in [0.15, 0.2) is 0 Å². The number of rotatable bonds is 6. The van der Waals surface area contributed by atoms with Gasteiger partial charge in [0.1, 0.15) is 5.75 Å². The zero-order valence-corrected chi connectivity index (χ0v) is 17.5. The number of piperidine rings is 1. The van der Waals surface area contributed by atoms with Crippen LogP contribution in [0.5, 0.6) is 5.75 Å². The number of aromatic nitrogens is 4. The minimum absolute atomic E-state index is 0.119. The monoisotopic (exact) mass is 424 g/mol. The Morgan fingerprint density at radius 2 is 1.70 bits per heavy atom. The van der Waals surface area contributed by atoms with Crippen LogP contribution >= 0.6 is 11.8 Å². The van der Waals surface area contributed by atoms with Crippen LogP contribution in [0.15, 0.2) is 53.7 Å². The van der Waals surface area contributed by atoms with Crippen molar-refractivity contribution in [2.45, 2.75) is 36.6 Å². The molecule has 8 nitrogen and oxygen atoms in total. The molecular weight excluding hydrogens is 400 g/mol. The Labute approximate surface area is 179 Å². The van der Waals surface area contributed by atoms with E-state index in [2.05, 4.69) is 37.9 Å². The third-order valence-electron chi connectivity index (χ3n) is 5.04. The summed E-state index contributed by atoms with van der Waals surface area (Å²) in [6.07, 6.45) is 3.77. The van der Waals surface area contributed by atoms with Crippen LogP contribution in [0.3, 0.4) is 0 Å². The van der Waals surface area contributed by atoms with Crippen molar-refractivity contribution < 1.29 is 9.90 Å². The minimum atomic E-state index is -0.395. The summed E-state index contributed by atoms with van der Waals surface area (Å²) in [6, 6.07) is 14.6. The molecule has 156 valence electrons. The van der Waals surface area contributed by atoms with Gasteiger partial charge < -0.3 is 15.3 Å². The number of anilines is 2. The molecule has 1 aliphatic heterocycles. The van der Waals surface area contributed by atoms with E-state index in [-0.39, 0.29) is 11.7 Å². The van der Waals surface area contributed by atoms with Crippen LogP contribution < -0.4 is 10.2 Å². The summed E-state index contributed by atoms with van der Waals surface area (Å²) in [7, 11) is 0. The molecule has 1 fully saturated rings. The largest absolute Gasteiger partial charge is 0.508 e. The molecular formula is C21H24N6O2S. The number of aromatic hydroxyl groups is 1. The maximum atomic E-state index is 12.7. The number of phenols is 1. The summed E-state index contributed by atoms with van der Waals surface area (Å²) in [6.45, 7) is 4.00. The van der Waals surface area contributed by atoms with Gasteiger partial charge in [0.25, 0.3) is 0 Å². The van der Waals surface area contributed by atoms with Crippen molar-refractivity contribution >= 4 is 29.0 Å². The van der Waals surface area contributed by atoms with Crippen LogP contribution in [0.4, 0.5) is 11.4 Å². The highest BCUT2D eigenvalue weighted by atomic mass is 32.2. The van der Waals surface area contributed by atoms with Gasteiger partial charge in [-0.1, -0.05) is 11.8 Å². The van der Waals surface area contributed by atoms with Gasteiger partial charge in [-0.3, -0.25) is 4.79 Å². The van der Waals surface area contributed by atoms with Gasteiger partial charge in [-0.05, 0) is 85.1 Å². The number of carbonyl (C=O) groups is 1. The first-order valence-electron chi connectivity index (χ1n) is 10.0. The van der Waals surface area contributed by atoms with Gasteiger partial charge in [0.2, 0.25) is 11.1 Å². The van der Waals surface area contributed by atoms with E-state index in [1.54, 1.807) is 28.9 Å². The normalized spacial score (nSPS) is 15.0. The number of nitrogens with one attached hydrogen (secondary N) is 1. The Hall–Kier alpha value is -3.07. The summed E-state index contributed by atoms with van der Waals surface area (Å²) in [4.78, 5) is 15.1. The van der Waals surface area contributed by atoms with E-state index in [0.717, 1.165) is 18.8 Å². The Balaban J connectivity index is 1.37. The second-order valence-corrected chi connectivity index (χ2v) is 8.54. The summed E-state index contributed by atoms with van der Waals surface area (Å²) in [5, 5.41) is 24.2. The van der Waals surface area contributed by atoms with Crippen LogP contribution in [-0.4, -0.2) is 49.6 Å². The predicted molar refractivity (Wildman–Crippen MR) is 117 cm³/mol. The second-order valence-electron chi connectivity index (χ2n) is 7.23. The second kappa shape index (κ2) is 9.17. The van der Waals surface area contributed by atoms with Crippen molar-refractivity contribution in [2.75, 3.05) is 23.3 Å². The molecule has 1 aliphatic rings. The molecule has 1 aromatic heterocycles. The number of benzene rings is 2. The van der Waals surface area contributed by atoms with Crippen molar-refractivity contribution in [3.8, 4) is 11.4 Å². The average Bonchev–Trinajstić information content (AvgIpc) is 3.23. The molecule has 0 radical (unpaired) electrons. The van der Waals surface area contributed by atoms with Crippen LogP contribution in [0.25, 0.3) is 5.69 Å². The maximum Gasteiger partial charge on any atom is 0.237 e. The number of tetrazole rings is 1. The fraction of sp³-hybridized carbons (Fsp3) is 0.333. The van der Waals surface area contributed by atoms with Crippen molar-refractivity contribution in [3.05, 3.63) is 48.5 Å². The number of hydrogen-bond donors (Lipinski definition) is 2. The standard InChI is InChI=1S/C21H24N6O2S/c1-15(30-21-23-24-25-27(21)18-9-11-19(28)12-10-18)20(29)22-16-5-7-17(8-6-16)26-13-3-2-4-14-26/h5-12,15,28H,2-4,13-14H2,1H3,(H,22,29). The molecule has 0 bridgehead atoms. The quantitative estimate of drug-likeness (QED) is 0.585. The van der Waals surface area contributed by atoms with Gasteiger partial charge in [0.05, 0.1) is 10.9 Å². The van der Waals surface area contributed by atoms with Gasteiger partial charge in [-0.2, -0.15) is 4.68 Å². The average molecular weight is 425 g/mol. The summed E-state index contributed by atoms with van der Waals surface area (Å²) in [5.74, 6) is 0.0473. The fourth-order valence-electron chi connectivity index (χ4n) is 3.37. The molecule has 2 N–H and O–H groups in total. The van der Waals surface area contributed by atoms with Gasteiger partial charge in [-0.25, -0.2) is 0 Å². The highest BCUT2D eigenvalue weighted by Crippen LogP contribution is 2.26. The molecule has 0 saturated carbocycles. The van der Waals surface area contributed by atoms with E-state index in [4.69, 9.17) is 0 Å². The van der Waals surface area contributed by atoms with E-state index in [1.807, 2.05) is 19.1 Å². The molecule has 1 saturated heterocycles. The van der Waals surface area contributed by atoms with Crippen molar-refractivity contribution in [2.24, 2.45) is 0 Å². The van der Waals surface area contributed by atoms with E-state index in [9.17, 15) is 9.90 Å². The number of hydrogen-bond acceptors (Lipinski definition) is 7. The Morgan fingerprint density at radius 1 is 1.03 bits per heavy atom. The van der Waals surface area contributed by atoms with Crippen LogP contribution in [0.2, 0.25) is 0 Å². The van der Waals surface area contributed by atoms with Gasteiger partial charge in [-0.15, -0.1) is 5.10 Å². The Morgan fingerprint density at radius 3 is 2.40 bits per heavy atom. The first-order valence-corrected chi connectivity index (χ1v) is 10.9. The lowest BCUT2D eigenvalue weighted by Gasteiger charge is -2.28. The lowest BCUT2D eigenvalue weighted by molar-refractivity contribution is -0.115. The number of phenolic OH excluding ortho intramolecular Hbond substituents is 1. The Bertz CT molecular complexity index is 983. The van der Waals surface area contributed by atoms with Crippen LogP contribution in [0.1, 0.15) is 26.2 Å². The third kappa shape index (κ3) is 4.73. The van der Waals surface area contributed by atoms with Crippen LogP contribution in [-0.2, 0) is 4.79 Å². The number of carbonyl (C=O) groups excluding carboxylic acids is 1. The summed E-state index contributed by atoms with van der Waals surface area (Å²) >= 11 is 1.27. The molecule has 30 heavy (non-hydrogen) atoms. The number of thioether (sulfide) groups is 1. The zero-order chi connectivity index (χ0) is 20.9. The first-order chi connectivity index (χ1) is 14.6. The molecule has 4 rings (SSSR count). The summed E-state index contributed by atoms with van der Waals surface area (Å²) in [5.41, 5.74) is 2.68.